The van der Waals surface area contributed by atoms with Crippen molar-refractivity contribution >= 4 is 10.9 Å². The van der Waals surface area contributed by atoms with E-state index >= 15 is 0 Å². The van der Waals surface area contributed by atoms with Gasteiger partial charge >= 0.3 is 0 Å². The number of nitrogens with zero attached hydrogens (tertiary/aromatic N) is 2. The zero-order valence-electron chi connectivity index (χ0n) is 18.1. The Kier molecular flexibility index (Phi) is 4.88. The molecule has 0 spiro atoms. The van der Waals surface area contributed by atoms with E-state index in [0.717, 1.165) is 0 Å². The molecule has 4 aromatic rings. The van der Waals surface area contributed by atoms with Crippen LogP contribution in [0.1, 0.15) is 48.5 Å². The number of unbranched alkanes of at least 4 members (excludes halogenated alkanes) is 1. The number of aryl methyl sites for hydroxylation is 1. The molecule has 1 aromatic heterocycles. The van der Waals surface area contributed by atoms with Crippen molar-refractivity contribution in [1.29, 1.82) is 0 Å². The number of para-hydroxylation sites is 2. The summed E-state index contributed by atoms with van der Waals surface area (Å²) in [7, 11) is 0. The van der Waals surface area contributed by atoms with Gasteiger partial charge in [-0.05, 0) is 68.0 Å². The fraction of sp³-hybridized carbons (Fsp3) is 0.310. The van der Waals surface area contributed by atoms with Gasteiger partial charge in [0.1, 0.15) is 0 Å². The summed E-state index contributed by atoms with van der Waals surface area (Å²) in [5, 5.41) is 1.46. The fourth-order valence-electron chi connectivity index (χ4n) is 6.06. The van der Waals surface area contributed by atoms with Gasteiger partial charge in [0.2, 0.25) is 0 Å². The summed E-state index contributed by atoms with van der Waals surface area (Å²) in [5.74, 6) is 0. The zero-order valence-corrected chi connectivity index (χ0v) is 18.1. The Balaban J connectivity index is 1.29. The number of hydrogen-bond acceptors (Lipinski definition) is 1. The highest BCUT2D eigenvalue weighted by Gasteiger charge is 2.42. The molecule has 31 heavy (non-hydrogen) atoms. The summed E-state index contributed by atoms with van der Waals surface area (Å²) in [6.45, 7) is 1.23. The molecule has 2 aliphatic rings. The van der Waals surface area contributed by atoms with Gasteiger partial charge in [0.25, 0.3) is 0 Å². The molecule has 0 aliphatic carbocycles. The van der Waals surface area contributed by atoms with Gasteiger partial charge in [-0.2, -0.15) is 0 Å². The Morgan fingerprint density at radius 2 is 1.48 bits per heavy atom. The van der Waals surface area contributed by atoms with Crippen LogP contribution in [0.4, 0.5) is 0 Å². The molecule has 1 saturated heterocycles. The molecule has 0 saturated carbocycles. The molecule has 2 heteroatoms. The molecule has 0 radical (unpaired) electrons. The van der Waals surface area contributed by atoms with Crippen LogP contribution >= 0.6 is 0 Å². The predicted molar refractivity (Wildman–Crippen MR) is 129 cm³/mol. The average Bonchev–Trinajstić information content (AvgIpc) is 3.30. The van der Waals surface area contributed by atoms with Crippen molar-refractivity contribution < 1.29 is 0 Å². The molecule has 2 atom stereocenters. The minimum atomic E-state index is 0.584. The molecule has 2 bridgehead atoms. The van der Waals surface area contributed by atoms with Crippen molar-refractivity contribution in [2.24, 2.45) is 0 Å². The molecule has 2 nitrogen and oxygen atoms in total. The maximum Gasteiger partial charge on any atom is 0.0534 e. The summed E-state index contributed by atoms with van der Waals surface area (Å²) in [6, 6.07) is 32.2. The first-order chi connectivity index (χ1) is 15.4. The lowest BCUT2D eigenvalue weighted by atomic mass is 9.96. The molecule has 156 valence electrons. The third-order valence-corrected chi connectivity index (χ3v) is 7.41. The molecule has 2 aliphatic heterocycles. The van der Waals surface area contributed by atoms with Crippen LogP contribution in [-0.4, -0.2) is 22.1 Å². The smallest absolute Gasteiger partial charge is 0.0534 e. The van der Waals surface area contributed by atoms with Crippen LogP contribution < -0.4 is 0 Å². The van der Waals surface area contributed by atoms with Crippen LogP contribution in [0.15, 0.2) is 84.9 Å². The molecule has 1 fully saturated rings. The Hall–Kier alpha value is -2.84. The van der Waals surface area contributed by atoms with Crippen molar-refractivity contribution in [1.82, 2.24) is 9.47 Å². The minimum Gasteiger partial charge on any atom is -0.313 e. The zero-order chi connectivity index (χ0) is 20.6. The van der Waals surface area contributed by atoms with Crippen LogP contribution in [0.2, 0.25) is 0 Å². The maximum atomic E-state index is 2.84. The topological polar surface area (TPSA) is 8.17 Å². The highest BCUT2D eigenvalue weighted by molar-refractivity contribution is 5.88. The maximum absolute atomic E-state index is 2.84. The largest absolute Gasteiger partial charge is 0.313 e. The van der Waals surface area contributed by atoms with Crippen LogP contribution in [-0.2, 0) is 12.8 Å². The second-order valence-corrected chi connectivity index (χ2v) is 9.18. The van der Waals surface area contributed by atoms with E-state index in [1.165, 1.54) is 67.2 Å². The minimum absolute atomic E-state index is 0.584. The third-order valence-electron chi connectivity index (χ3n) is 7.41. The third kappa shape index (κ3) is 3.30. The van der Waals surface area contributed by atoms with E-state index in [1.807, 2.05) is 0 Å². The van der Waals surface area contributed by atoms with Crippen LogP contribution in [0, 0.1) is 0 Å². The average molecular weight is 407 g/mol. The lowest BCUT2D eigenvalue weighted by Gasteiger charge is -2.36. The Bertz CT molecular complexity index is 1180. The second-order valence-electron chi connectivity index (χ2n) is 9.18. The Morgan fingerprint density at radius 1 is 0.742 bits per heavy atom. The molecule has 6 rings (SSSR count). The highest BCUT2D eigenvalue weighted by atomic mass is 15.2. The normalized spacial score (nSPS) is 20.3. The van der Waals surface area contributed by atoms with E-state index in [-0.39, 0.29) is 0 Å². The molecule has 0 unspecified atom stereocenters. The quantitative estimate of drug-likeness (QED) is 0.323. The first-order valence-corrected chi connectivity index (χ1v) is 11.9. The second kappa shape index (κ2) is 8.01. The van der Waals surface area contributed by atoms with Gasteiger partial charge in [0.15, 0.2) is 0 Å². The van der Waals surface area contributed by atoms with Crippen molar-refractivity contribution in [3.63, 3.8) is 0 Å². The van der Waals surface area contributed by atoms with Gasteiger partial charge in [-0.1, -0.05) is 66.7 Å². The molecule has 0 amide bonds. The van der Waals surface area contributed by atoms with E-state index in [2.05, 4.69) is 94.4 Å². The van der Waals surface area contributed by atoms with Crippen LogP contribution in [0.25, 0.3) is 16.6 Å². The summed E-state index contributed by atoms with van der Waals surface area (Å²) in [4.78, 5) is 2.84. The van der Waals surface area contributed by atoms with Crippen LogP contribution in [0.3, 0.4) is 0 Å². The van der Waals surface area contributed by atoms with E-state index in [4.69, 9.17) is 0 Å². The van der Waals surface area contributed by atoms with Crippen molar-refractivity contribution in [2.75, 3.05) is 6.54 Å². The van der Waals surface area contributed by atoms with Gasteiger partial charge in [-0.25, -0.2) is 0 Å². The van der Waals surface area contributed by atoms with E-state index < -0.39 is 0 Å². The molecular formula is C29H30N2. The molecule has 3 heterocycles. The molecule has 0 N–H and O–H groups in total. The van der Waals surface area contributed by atoms with Crippen molar-refractivity contribution in [3.05, 3.63) is 102 Å². The van der Waals surface area contributed by atoms with Gasteiger partial charge < -0.3 is 4.57 Å². The first kappa shape index (κ1) is 18.9. The van der Waals surface area contributed by atoms with E-state index in [1.54, 1.807) is 11.3 Å². The molecular weight excluding hydrogens is 376 g/mol. The summed E-state index contributed by atoms with van der Waals surface area (Å²) < 4.78 is 2.54. The van der Waals surface area contributed by atoms with Gasteiger partial charge in [0.05, 0.1) is 5.52 Å². The number of aromatic nitrogens is 1. The lowest BCUT2D eigenvalue weighted by molar-refractivity contribution is 0.173. The Morgan fingerprint density at radius 3 is 2.32 bits per heavy atom. The summed E-state index contributed by atoms with van der Waals surface area (Å²) in [5.41, 5.74) is 7.31. The van der Waals surface area contributed by atoms with E-state index in [9.17, 15) is 0 Å². The molecule has 3 aromatic carbocycles. The summed E-state index contributed by atoms with van der Waals surface area (Å²) in [6.07, 6.45) is 7.57. The first-order valence-electron chi connectivity index (χ1n) is 11.9. The fourth-order valence-corrected chi connectivity index (χ4v) is 6.06. The van der Waals surface area contributed by atoms with Crippen molar-refractivity contribution in [2.45, 2.75) is 50.6 Å². The van der Waals surface area contributed by atoms with Gasteiger partial charge in [0, 0.05) is 35.3 Å². The standard InChI is InChI=1S/C29H30N2/c1-3-11-22(12-4-1)13-9-10-20-30-24-18-19-27(30)29-25-16-7-8-17-26(25)31(28(29)21-24)23-14-5-2-6-15-23/h1-8,11-12,14-17,24,27H,9-10,13,18-21H2/t24-,27+/m0/s1. The number of fused-ring (bicyclic) bond motifs is 6. The monoisotopic (exact) mass is 406 g/mol. The predicted octanol–water partition coefficient (Wildman–Crippen LogP) is 6.72. The Labute approximate surface area is 185 Å². The number of benzene rings is 3. The highest BCUT2D eigenvalue weighted by Crippen LogP contribution is 2.48. The van der Waals surface area contributed by atoms with Gasteiger partial charge in [-0.15, -0.1) is 0 Å². The SMILES string of the molecule is c1ccc(CCCCN2[C@H]3CC[C@@H]2c2c(n(-c4ccccc4)c4ccccc24)C3)cc1. The van der Waals surface area contributed by atoms with Crippen LogP contribution in [0.5, 0.6) is 0 Å². The van der Waals surface area contributed by atoms with E-state index in [0.29, 0.717) is 12.1 Å². The number of hydrogen-bond donors (Lipinski definition) is 0. The summed E-state index contributed by atoms with van der Waals surface area (Å²) >= 11 is 0. The number of rotatable bonds is 6. The van der Waals surface area contributed by atoms with Gasteiger partial charge in [-0.3, -0.25) is 4.90 Å². The van der Waals surface area contributed by atoms with Crippen molar-refractivity contribution in [3.8, 4) is 5.69 Å². The lowest BCUT2D eigenvalue weighted by Crippen LogP contribution is -2.38.